The van der Waals surface area contributed by atoms with E-state index in [4.69, 9.17) is 10.6 Å². The number of carbonyl (C=O) groups excluding carboxylic acids is 2. The molecule has 0 radical (unpaired) electrons. The van der Waals surface area contributed by atoms with Crippen LogP contribution in [0.4, 0.5) is 5.82 Å². The van der Waals surface area contributed by atoms with Crippen LogP contribution in [0.2, 0.25) is 0 Å². The quantitative estimate of drug-likeness (QED) is 0.239. The number of rotatable bonds is 6. The standard InChI is InChI=1S/C21H23N7O3/c1-12-13(2)21(12,20(30)27-22)19(29)26-18-5-4-16(10-24-18)31-15-6-7-23-17(8-15)14-9-25-28(3)11-14/h4-13H,22H2,1-3H3,(H,27,30)(H,24,26,29). The third-order valence-electron chi connectivity index (χ3n) is 5.91. The summed E-state index contributed by atoms with van der Waals surface area (Å²) in [6, 6.07) is 6.84. The average Bonchev–Trinajstić information content (AvgIpc) is 3.09. The van der Waals surface area contributed by atoms with Crippen molar-refractivity contribution in [3.05, 3.63) is 49.1 Å². The first-order valence-corrected chi connectivity index (χ1v) is 9.77. The van der Waals surface area contributed by atoms with Crippen molar-refractivity contribution >= 4 is 17.6 Å². The van der Waals surface area contributed by atoms with Gasteiger partial charge in [-0.25, -0.2) is 10.8 Å². The largest absolute Gasteiger partial charge is 0.456 e. The molecular weight excluding hydrogens is 398 g/mol. The van der Waals surface area contributed by atoms with Crippen LogP contribution in [-0.2, 0) is 16.6 Å². The van der Waals surface area contributed by atoms with Crippen LogP contribution in [0.1, 0.15) is 13.8 Å². The molecule has 0 saturated heterocycles. The van der Waals surface area contributed by atoms with Gasteiger partial charge in [0.15, 0.2) is 0 Å². The molecule has 10 nitrogen and oxygen atoms in total. The monoisotopic (exact) mass is 421 g/mol. The molecule has 0 spiro atoms. The van der Waals surface area contributed by atoms with Gasteiger partial charge < -0.3 is 10.1 Å². The first-order chi connectivity index (χ1) is 14.9. The first-order valence-electron chi connectivity index (χ1n) is 9.77. The van der Waals surface area contributed by atoms with Crippen molar-refractivity contribution < 1.29 is 14.3 Å². The highest BCUT2D eigenvalue weighted by molar-refractivity contribution is 6.13. The number of ether oxygens (including phenoxy) is 1. The number of nitrogens with two attached hydrogens (primary N) is 1. The number of anilines is 1. The lowest BCUT2D eigenvalue weighted by molar-refractivity contribution is -0.135. The van der Waals surface area contributed by atoms with Gasteiger partial charge in [-0.2, -0.15) is 5.10 Å². The Morgan fingerprint density at radius 1 is 1.10 bits per heavy atom. The van der Waals surface area contributed by atoms with Crippen molar-refractivity contribution in [2.75, 3.05) is 5.32 Å². The van der Waals surface area contributed by atoms with E-state index in [1.54, 1.807) is 41.3 Å². The van der Waals surface area contributed by atoms with Gasteiger partial charge in [-0.15, -0.1) is 0 Å². The second kappa shape index (κ2) is 7.80. The van der Waals surface area contributed by atoms with E-state index >= 15 is 0 Å². The number of nitrogens with zero attached hydrogens (tertiary/aromatic N) is 4. The van der Waals surface area contributed by atoms with Crippen LogP contribution in [0.25, 0.3) is 11.3 Å². The first kappa shape index (κ1) is 20.5. The zero-order valence-electron chi connectivity index (χ0n) is 17.4. The highest BCUT2D eigenvalue weighted by atomic mass is 16.5. The molecular formula is C21H23N7O3. The number of amides is 2. The third kappa shape index (κ3) is 3.61. The predicted octanol–water partition coefficient (Wildman–Crippen LogP) is 1.87. The summed E-state index contributed by atoms with van der Waals surface area (Å²) in [5.41, 5.74) is 2.54. The molecule has 2 amide bonds. The van der Waals surface area contributed by atoms with Gasteiger partial charge in [-0.1, -0.05) is 13.8 Å². The molecule has 3 aromatic rings. The van der Waals surface area contributed by atoms with Crippen molar-refractivity contribution in [2.45, 2.75) is 13.8 Å². The number of nitrogens with one attached hydrogen (secondary N) is 2. The zero-order valence-corrected chi connectivity index (χ0v) is 17.4. The van der Waals surface area contributed by atoms with Crippen LogP contribution in [0.5, 0.6) is 11.5 Å². The highest BCUT2D eigenvalue weighted by Gasteiger charge is 2.69. The Labute approximate surface area is 178 Å². The van der Waals surface area contributed by atoms with E-state index < -0.39 is 17.2 Å². The smallest absolute Gasteiger partial charge is 0.250 e. The Balaban J connectivity index is 1.45. The van der Waals surface area contributed by atoms with E-state index in [0.717, 1.165) is 11.3 Å². The second-order valence-corrected chi connectivity index (χ2v) is 7.63. The lowest BCUT2D eigenvalue weighted by Crippen LogP contribution is -2.45. The van der Waals surface area contributed by atoms with Gasteiger partial charge in [0.1, 0.15) is 22.7 Å². The molecule has 2 atom stereocenters. The fraction of sp³-hybridized carbons (Fsp3) is 0.286. The normalized spacial score (nSPS) is 21.9. The maximum absolute atomic E-state index is 12.8. The molecule has 3 heterocycles. The van der Waals surface area contributed by atoms with Crippen LogP contribution in [0.15, 0.2) is 49.1 Å². The molecule has 10 heteroatoms. The summed E-state index contributed by atoms with van der Waals surface area (Å²) in [5.74, 6) is 5.53. The van der Waals surface area contributed by atoms with Gasteiger partial charge in [-0.3, -0.25) is 24.7 Å². The van der Waals surface area contributed by atoms with Crippen molar-refractivity contribution in [1.29, 1.82) is 0 Å². The van der Waals surface area contributed by atoms with Crippen LogP contribution in [0.3, 0.4) is 0 Å². The van der Waals surface area contributed by atoms with Crippen LogP contribution >= 0.6 is 0 Å². The number of aromatic nitrogens is 4. The topological polar surface area (TPSA) is 137 Å². The minimum atomic E-state index is -1.18. The van der Waals surface area contributed by atoms with Crippen molar-refractivity contribution in [1.82, 2.24) is 25.2 Å². The molecule has 1 saturated carbocycles. The summed E-state index contributed by atoms with van der Waals surface area (Å²) in [6.07, 6.45) is 6.74. The average molecular weight is 421 g/mol. The maximum Gasteiger partial charge on any atom is 0.250 e. The highest BCUT2D eigenvalue weighted by Crippen LogP contribution is 2.58. The molecule has 31 heavy (non-hydrogen) atoms. The number of aryl methyl sites for hydroxylation is 1. The molecule has 1 aliphatic carbocycles. The van der Waals surface area contributed by atoms with Crippen molar-refractivity contribution in [3.63, 3.8) is 0 Å². The van der Waals surface area contributed by atoms with E-state index in [1.807, 2.05) is 27.1 Å². The molecule has 4 N–H and O–H groups in total. The van der Waals surface area contributed by atoms with Crippen LogP contribution in [-0.4, -0.2) is 31.6 Å². The van der Waals surface area contributed by atoms with E-state index in [0.29, 0.717) is 17.3 Å². The van der Waals surface area contributed by atoms with Gasteiger partial charge >= 0.3 is 0 Å². The maximum atomic E-state index is 12.8. The van der Waals surface area contributed by atoms with E-state index in [1.165, 1.54) is 6.20 Å². The number of carbonyl (C=O) groups is 2. The Morgan fingerprint density at radius 2 is 1.87 bits per heavy atom. The molecule has 160 valence electrons. The van der Waals surface area contributed by atoms with Gasteiger partial charge in [0.2, 0.25) is 11.8 Å². The molecule has 2 unspecified atom stereocenters. The van der Waals surface area contributed by atoms with Gasteiger partial charge in [-0.05, 0) is 30.0 Å². The van der Waals surface area contributed by atoms with E-state index in [2.05, 4.69) is 25.8 Å². The second-order valence-electron chi connectivity index (χ2n) is 7.63. The molecule has 0 aliphatic heterocycles. The number of pyridine rings is 2. The number of hydrazine groups is 1. The van der Waals surface area contributed by atoms with Gasteiger partial charge in [0.25, 0.3) is 0 Å². The molecule has 0 bridgehead atoms. The fourth-order valence-corrected chi connectivity index (χ4v) is 3.88. The molecule has 0 aromatic carbocycles. The van der Waals surface area contributed by atoms with Crippen LogP contribution < -0.4 is 21.3 Å². The zero-order chi connectivity index (χ0) is 22.2. The lowest BCUT2D eigenvalue weighted by atomic mass is 10.00. The summed E-state index contributed by atoms with van der Waals surface area (Å²) in [5, 5.41) is 6.85. The number of hydrogen-bond donors (Lipinski definition) is 3. The van der Waals surface area contributed by atoms with Gasteiger partial charge in [0.05, 0.1) is 18.1 Å². The SMILES string of the molecule is CC1C(C)C1(C(=O)NN)C(=O)Nc1ccc(Oc2ccnc(-c3cnn(C)c3)c2)cn1. The van der Waals surface area contributed by atoms with Crippen molar-refractivity contribution in [2.24, 2.45) is 30.1 Å². The van der Waals surface area contributed by atoms with Crippen molar-refractivity contribution in [3.8, 4) is 22.8 Å². The summed E-state index contributed by atoms with van der Waals surface area (Å²) < 4.78 is 7.55. The molecule has 1 fully saturated rings. The van der Waals surface area contributed by atoms with Gasteiger partial charge in [0, 0.05) is 31.1 Å². The van der Waals surface area contributed by atoms with E-state index in [-0.39, 0.29) is 11.8 Å². The molecule has 1 aliphatic rings. The Morgan fingerprint density at radius 3 is 2.45 bits per heavy atom. The Hall–Kier alpha value is -3.79. The third-order valence-corrected chi connectivity index (χ3v) is 5.91. The summed E-state index contributed by atoms with van der Waals surface area (Å²) in [4.78, 5) is 33.5. The fourth-order valence-electron chi connectivity index (χ4n) is 3.88. The lowest BCUT2D eigenvalue weighted by Gasteiger charge is -2.15. The summed E-state index contributed by atoms with van der Waals surface area (Å²) >= 11 is 0. The van der Waals surface area contributed by atoms with E-state index in [9.17, 15) is 9.59 Å². The Bertz CT molecular complexity index is 1120. The summed E-state index contributed by atoms with van der Waals surface area (Å²) in [6.45, 7) is 3.69. The summed E-state index contributed by atoms with van der Waals surface area (Å²) in [7, 11) is 1.84. The Kier molecular flexibility index (Phi) is 5.15. The minimum absolute atomic E-state index is 0.112. The molecule has 3 aromatic heterocycles. The molecule has 4 rings (SSSR count). The number of hydrogen-bond acceptors (Lipinski definition) is 7. The predicted molar refractivity (Wildman–Crippen MR) is 112 cm³/mol. The van der Waals surface area contributed by atoms with Crippen LogP contribution in [0, 0.1) is 17.3 Å². The minimum Gasteiger partial charge on any atom is -0.456 e.